The molecular formula is C10H13ClN2O2S. The van der Waals surface area contributed by atoms with Gasteiger partial charge in [0.15, 0.2) is 9.84 Å². The third-order valence-electron chi connectivity index (χ3n) is 2.67. The fourth-order valence-electron chi connectivity index (χ4n) is 1.91. The van der Waals surface area contributed by atoms with E-state index in [1.54, 1.807) is 12.1 Å². The Morgan fingerprint density at radius 1 is 1.44 bits per heavy atom. The van der Waals surface area contributed by atoms with Crippen LogP contribution >= 0.6 is 11.6 Å². The third-order valence-corrected chi connectivity index (χ3v) is 4.27. The summed E-state index contributed by atoms with van der Waals surface area (Å²) in [5, 5.41) is 0.0302. The van der Waals surface area contributed by atoms with Crippen molar-refractivity contribution in [3.8, 4) is 0 Å². The van der Waals surface area contributed by atoms with E-state index in [4.69, 9.17) is 11.6 Å². The normalized spacial score (nSPS) is 25.9. The first-order chi connectivity index (χ1) is 7.48. The molecule has 2 unspecified atom stereocenters. The topological polar surface area (TPSA) is 58.2 Å². The Bertz CT molecular complexity index is 489. The van der Waals surface area contributed by atoms with E-state index >= 15 is 0 Å². The summed E-state index contributed by atoms with van der Waals surface area (Å²) in [5.74, 6) is -0.103. The van der Waals surface area contributed by atoms with Crippen LogP contribution < -0.4 is 10.9 Å². The van der Waals surface area contributed by atoms with Gasteiger partial charge in [0.2, 0.25) is 0 Å². The highest BCUT2D eigenvalue weighted by molar-refractivity contribution is 7.91. The lowest BCUT2D eigenvalue weighted by Crippen LogP contribution is -2.37. The highest BCUT2D eigenvalue weighted by Gasteiger charge is 2.35. The molecule has 1 aliphatic heterocycles. The number of benzene rings is 1. The summed E-state index contributed by atoms with van der Waals surface area (Å²) in [4.78, 5) is 0. The minimum atomic E-state index is -3.13. The molecule has 0 aromatic heterocycles. The van der Waals surface area contributed by atoms with Gasteiger partial charge < -0.3 is 0 Å². The first-order valence-electron chi connectivity index (χ1n) is 4.91. The molecule has 88 valence electrons. The molecule has 1 aromatic carbocycles. The van der Waals surface area contributed by atoms with E-state index < -0.39 is 15.2 Å². The lowest BCUT2D eigenvalue weighted by Gasteiger charge is -2.16. The van der Waals surface area contributed by atoms with Crippen molar-refractivity contribution >= 4 is 21.4 Å². The zero-order valence-corrected chi connectivity index (χ0v) is 10.3. The highest BCUT2D eigenvalue weighted by Crippen LogP contribution is 2.26. The van der Waals surface area contributed by atoms with Crippen molar-refractivity contribution in [1.29, 1.82) is 0 Å². The van der Waals surface area contributed by atoms with Crippen LogP contribution in [-0.4, -0.2) is 26.6 Å². The lowest BCUT2D eigenvalue weighted by molar-refractivity contribution is 0.558. The number of hydrazine groups is 1. The van der Waals surface area contributed by atoms with Crippen molar-refractivity contribution in [1.82, 2.24) is 10.9 Å². The maximum Gasteiger partial charge on any atom is 0.165 e. The Kier molecular flexibility index (Phi) is 3.21. The van der Waals surface area contributed by atoms with Crippen molar-refractivity contribution in [3.63, 3.8) is 0 Å². The van der Waals surface area contributed by atoms with E-state index in [0.717, 1.165) is 5.56 Å². The van der Waals surface area contributed by atoms with Gasteiger partial charge in [-0.1, -0.05) is 23.7 Å². The van der Waals surface area contributed by atoms with Crippen molar-refractivity contribution in [2.45, 2.75) is 11.3 Å². The molecule has 2 atom stereocenters. The number of hydrogen-bond donors (Lipinski definition) is 2. The third kappa shape index (κ3) is 2.38. The summed E-state index contributed by atoms with van der Waals surface area (Å²) < 4.78 is 23.1. The zero-order valence-electron chi connectivity index (χ0n) is 8.77. The molecule has 1 aromatic rings. The molecule has 1 aliphatic rings. The van der Waals surface area contributed by atoms with Gasteiger partial charge in [0.1, 0.15) is 5.37 Å². The molecule has 1 fully saturated rings. The number of sulfone groups is 1. The van der Waals surface area contributed by atoms with E-state index in [0.29, 0.717) is 11.6 Å². The van der Waals surface area contributed by atoms with Gasteiger partial charge in [-0.05, 0) is 17.7 Å². The van der Waals surface area contributed by atoms with Gasteiger partial charge in [0.05, 0.1) is 0 Å². The van der Waals surface area contributed by atoms with Gasteiger partial charge in [-0.15, -0.1) is 0 Å². The minimum Gasteiger partial charge on any atom is -0.256 e. The quantitative estimate of drug-likeness (QED) is 0.830. The van der Waals surface area contributed by atoms with Crippen molar-refractivity contribution in [2.75, 3.05) is 12.8 Å². The predicted octanol–water partition coefficient (Wildman–Crippen LogP) is 0.902. The van der Waals surface area contributed by atoms with Gasteiger partial charge in [-0.2, -0.15) is 0 Å². The molecule has 0 saturated carbocycles. The van der Waals surface area contributed by atoms with E-state index in [1.165, 1.54) is 6.26 Å². The molecule has 0 radical (unpaired) electrons. The van der Waals surface area contributed by atoms with Gasteiger partial charge in [-0.25, -0.2) is 13.8 Å². The van der Waals surface area contributed by atoms with E-state index in [-0.39, 0.29) is 5.92 Å². The van der Waals surface area contributed by atoms with Crippen LogP contribution in [0.3, 0.4) is 0 Å². The number of halogens is 1. The fraction of sp³-hybridized carbons (Fsp3) is 0.400. The number of rotatable bonds is 2. The SMILES string of the molecule is CS(=O)(=O)C1NNCC1c1cccc(Cl)c1. The van der Waals surface area contributed by atoms with Gasteiger partial charge in [0.25, 0.3) is 0 Å². The second kappa shape index (κ2) is 4.33. The Hall–Kier alpha value is -0.620. The predicted molar refractivity (Wildman–Crippen MR) is 64.0 cm³/mol. The van der Waals surface area contributed by atoms with Crippen LogP contribution in [0.15, 0.2) is 24.3 Å². The molecule has 0 spiro atoms. The van der Waals surface area contributed by atoms with Gasteiger partial charge >= 0.3 is 0 Å². The standard InChI is InChI=1S/C10H13ClN2O2S/c1-16(14,15)10-9(6-12-13-10)7-3-2-4-8(11)5-7/h2-5,9-10,12-13H,6H2,1H3. The maximum absolute atomic E-state index is 11.6. The lowest BCUT2D eigenvalue weighted by atomic mass is 10.0. The average Bonchev–Trinajstić information content (AvgIpc) is 2.65. The molecule has 0 bridgehead atoms. The van der Waals surface area contributed by atoms with E-state index in [2.05, 4.69) is 10.9 Å². The highest BCUT2D eigenvalue weighted by atomic mass is 35.5. The van der Waals surface area contributed by atoms with Crippen LogP contribution in [0, 0.1) is 0 Å². The Morgan fingerprint density at radius 3 is 2.81 bits per heavy atom. The molecule has 0 amide bonds. The summed E-state index contributed by atoms with van der Waals surface area (Å²) in [7, 11) is -3.13. The summed E-state index contributed by atoms with van der Waals surface area (Å²) >= 11 is 5.89. The second-order valence-corrected chi connectivity index (χ2v) is 6.54. The average molecular weight is 261 g/mol. The van der Waals surface area contributed by atoms with Crippen molar-refractivity contribution < 1.29 is 8.42 Å². The Morgan fingerprint density at radius 2 is 2.19 bits per heavy atom. The molecular weight excluding hydrogens is 248 g/mol. The van der Waals surface area contributed by atoms with Crippen molar-refractivity contribution in [3.05, 3.63) is 34.9 Å². The Balaban J connectivity index is 2.34. The van der Waals surface area contributed by atoms with Gasteiger partial charge in [0, 0.05) is 23.7 Å². The maximum atomic E-state index is 11.6. The zero-order chi connectivity index (χ0) is 11.8. The monoisotopic (exact) mass is 260 g/mol. The van der Waals surface area contributed by atoms with Crippen LogP contribution in [0.2, 0.25) is 5.02 Å². The van der Waals surface area contributed by atoms with Crippen LogP contribution in [-0.2, 0) is 9.84 Å². The number of nitrogens with one attached hydrogen (secondary N) is 2. The largest absolute Gasteiger partial charge is 0.256 e. The molecule has 4 nitrogen and oxygen atoms in total. The Labute approximate surface area is 99.9 Å². The first-order valence-corrected chi connectivity index (χ1v) is 7.24. The van der Waals surface area contributed by atoms with Crippen LogP contribution in [0.1, 0.15) is 11.5 Å². The van der Waals surface area contributed by atoms with Crippen LogP contribution in [0.25, 0.3) is 0 Å². The molecule has 0 aliphatic carbocycles. The summed E-state index contributed by atoms with van der Waals surface area (Å²) in [5.41, 5.74) is 6.59. The molecule has 1 heterocycles. The van der Waals surface area contributed by atoms with E-state index in [9.17, 15) is 8.42 Å². The molecule has 16 heavy (non-hydrogen) atoms. The van der Waals surface area contributed by atoms with Crippen molar-refractivity contribution in [2.24, 2.45) is 0 Å². The molecule has 1 saturated heterocycles. The summed E-state index contributed by atoms with van der Waals surface area (Å²) in [6, 6.07) is 7.30. The number of hydrogen-bond acceptors (Lipinski definition) is 4. The molecule has 2 N–H and O–H groups in total. The molecule has 2 rings (SSSR count). The van der Waals surface area contributed by atoms with Crippen LogP contribution in [0.5, 0.6) is 0 Å². The minimum absolute atomic E-state index is 0.103. The fourth-order valence-corrected chi connectivity index (χ4v) is 3.26. The van der Waals surface area contributed by atoms with Crippen LogP contribution in [0.4, 0.5) is 0 Å². The summed E-state index contributed by atoms with van der Waals surface area (Å²) in [6.45, 7) is 0.581. The second-order valence-electron chi connectivity index (χ2n) is 3.94. The van der Waals surface area contributed by atoms with E-state index in [1.807, 2.05) is 12.1 Å². The molecule has 6 heteroatoms. The van der Waals surface area contributed by atoms with Gasteiger partial charge in [-0.3, -0.25) is 5.43 Å². The first kappa shape index (κ1) is 11.9. The summed E-state index contributed by atoms with van der Waals surface area (Å²) in [6.07, 6.45) is 1.23. The smallest absolute Gasteiger partial charge is 0.165 e.